The number of nitrogens with two attached hydrogens (primary N) is 1. The van der Waals surface area contributed by atoms with E-state index in [1.807, 2.05) is 24.5 Å². The lowest BCUT2D eigenvalue weighted by molar-refractivity contribution is 1.16. The van der Waals surface area contributed by atoms with Gasteiger partial charge in [-0.05, 0) is 18.4 Å². The molecule has 0 bridgehead atoms. The molecule has 0 saturated carbocycles. The highest BCUT2D eigenvalue weighted by molar-refractivity contribution is 7.98. The molecule has 0 saturated heterocycles. The van der Waals surface area contributed by atoms with Crippen molar-refractivity contribution in [1.82, 2.24) is 0 Å². The third kappa shape index (κ3) is 2.14. The molecular formula is C9H11N3S. The van der Waals surface area contributed by atoms with Crippen LogP contribution in [0, 0.1) is 11.3 Å². The van der Waals surface area contributed by atoms with Crippen molar-refractivity contribution in [3.05, 3.63) is 23.8 Å². The molecule has 0 fully saturated rings. The first-order valence-electron chi connectivity index (χ1n) is 3.83. The van der Waals surface area contributed by atoms with Crippen LogP contribution in [0.25, 0.3) is 0 Å². The summed E-state index contributed by atoms with van der Waals surface area (Å²) in [4.78, 5) is 1.09. The zero-order valence-electron chi connectivity index (χ0n) is 7.37. The number of rotatable bonds is 3. The predicted molar refractivity (Wildman–Crippen MR) is 55.4 cm³/mol. The molecule has 0 radical (unpaired) electrons. The molecule has 1 aromatic rings. The number of hydrazine groups is 1. The number of nitrogens with one attached hydrogen (secondary N) is 1. The lowest BCUT2D eigenvalue weighted by Crippen LogP contribution is -2.09. The third-order valence-electron chi connectivity index (χ3n) is 1.76. The molecule has 0 aliphatic carbocycles. The Kier molecular flexibility index (Phi) is 3.62. The Morgan fingerprint density at radius 2 is 2.38 bits per heavy atom. The summed E-state index contributed by atoms with van der Waals surface area (Å²) >= 11 is 1.62. The average molecular weight is 193 g/mol. The van der Waals surface area contributed by atoms with Gasteiger partial charge in [-0.3, -0.25) is 5.84 Å². The highest BCUT2D eigenvalue weighted by Gasteiger charge is 2.05. The van der Waals surface area contributed by atoms with Gasteiger partial charge < -0.3 is 5.43 Å². The standard InChI is InChI=1S/C9H11N3S/c1-13-9-4-2-3-8(12-11)7(9)5-6-10/h2-4,12H,5,11H2,1H3. The highest BCUT2D eigenvalue weighted by atomic mass is 32.2. The topological polar surface area (TPSA) is 61.8 Å². The van der Waals surface area contributed by atoms with E-state index in [1.165, 1.54) is 0 Å². The molecule has 3 nitrogen and oxygen atoms in total. The lowest BCUT2D eigenvalue weighted by atomic mass is 10.1. The molecule has 68 valence electrons. The second kappa shape index (κ2) is 4.75. The fourth-order valence-corrected chi connectivity index (χ4v) is 1.80. The minimum absolute atomic E-state index is 0.385. The molecule has 0 spiro atoms. The predicted octanol–water partition coefficient (Wildman–Crippen LogP) is 1.76. The van der Waals surface area contributed by atoms with Crippen molar-refractivity contribution >= 4 is 17.4 Å². The maximum absolute atomic E-state index is 8.63. The van der Waals surface area contributed by atoms with Gasteiger partial charge in [0, 0.05) is 10.5 Å². The van der Waals surface area contributed by atoms with E-state index in [2.05, 4.69) is 11.5 Å². The summed E-state index contributed by atoms with van der Waals surface area (Å²) in [5.74, 6) is 5.34. The zero-order valence-corrected chi connectivity index (χ0v) is 8.19. The Morgan fingerprint density at radius 1 is 1.62 bits per heavy atom. The molecule has 1 rings (SSSR count). The van der Waals surface area contributed by atoms with E-state index in [4.69, 9.17) is 11.1 Å². The Labute approximate surface area is 81.9 Å². The maximum Gasteiger partial charge on any atom is 0.0670 e. The summed E-state index contributed by atoms with van der Waals surface area (Å²) in [5, 5.41) is 8.63. The molecule has 4 heteroatoms. The first-order chi connectivity index (χ1) is 6.33. The van der Waals surface area contributed by atoms with Gasteiger partial charge in [0.1, 0.15) is 0 Å². The minimum atomic E-state index is 0.385. The molecule has 0 heterocycles. The summed E-state index contributed by atoms with van der Waals surface area (Å²) in [5.41, 5.74) is 4.39. The van der Waals surface area contributed by atoms with E-state index in [0.29, 0.717) is 6.42 Å². The Hall–Kier alpha value is -1.18. The molecule has 0 unspecified atom stereocenters. The quantitative estimate of drug-likeness (QED) is 0.436. The summed E-state index contributed by atoms with van der Waals surface area (Å²) < 4.78 is 0. The fraction of sp³-hybridized carbons (Fsp3) is 0.222. The first-order valence-corrected chi connectivity index (χ1v) is 5.05. The molecule has 0 aliphatic heterocycles. The summed E-state index contributed by atoms with van der Waals surface area (Å²) in [6, 6.07) is 7.89. The van der Waals surface area contributed by atoms with Crippen LogP contribution in [-0.4, -0.2) is 6.26 Å². The highest BCUT2D eigenvalue weighted by Crippen LogP contribution is 2.26. The fourth-order valence-electron chi connectivity index (χ4n) is 1.15. The van der Waals surface area contributed by atoms with Gasteiger partial charge in [0.25, 0.3) is 0 Å². The van der Waals surface area contributed by atoms with Crippen molar-refractivity contribution in [1.29, 1.82) is 5.26 Å². The Morgan fingerprint density at radius 3 is 2.92 bits per heavy atom. The van der Waals surface area contributed by atoms with Crippen LogP contribution >= 0.6 is 11.8 Å². The van der Waals surface area contributed by atoms with Gasteiger partial charge in [-0.2, -0.15) is 5.26 Å². The van der Waals surface area contributed by atoms with E-state index in [-0.39, 0.29) is 0 Å². The van der Waals surface area contributed by atoms with Crippen LogP contribution in [-0.2, 0) is 6.42 Å². The molecule has 0 amide bonds. The van der Waals surface area contributed by atoms with E-state index in [9.17, 15) is 0 Å². The number of nitriles is 1. The van der Waals surface area contributed by atoms with Gasteiger partial charge >= 0.3 is 0 Å². The average Bonchev–Trinajstić information content (AvgIpc) is 2.18. The second-order valence-electron chi connectivity index (χ2n) is 2.47. The van der Waals surface area contributed by atoms with Crippen LogP contribution < -0.4 is 11.3 Å². The summed E-state index contributed by atoms with van der Waals surface area (Å²) in [6.45, 7) is 0. The number of thioether (sulfide) groups is 1. The number of hydrogen-bond acceptors (Lipinski definition) is 4. The molecule has 0 atom stereocenters. The monoisotopic (exact) mass is 193 g/mol. The van der Waals surface area contributed by atoms with Crippen molar-refractivity contribution < 1.29 is 0 Å². The lowest BCUT2D eigenvalue weighted by Gasteiger charge is -2.09. The normalized spacial score (nSPS) is 9.31. The molecular weight excluding hydrogens is 182 g/mol. The molecule has 0 aliphatic rings. The molecule has 0 aromatic heterocycles. The van der Waals surface area contributed by atoms with Crippen molar-refractivity contribution in [3.63, 3.8) is 0 Å². The van der Waals surface area contributed by atoms with Gasteiger partial charge in [-0.1, -0.05) is 6.07 Å². The number of benzene rings is 1. The molecule has 3 N–H and O–H groups in total. The molecule has 13 heavy (non-hydrogen) atoms. The smallest absolute Gasteiger partial charge is 0.0670 e. The molecule has 1 aromatic carbocycles. The number of nitrogens with zero attached hydrogens (tertiary/aromatic N) is 1. The van der Waals surface area contributed by atoms with Crippen molar-refractivity contribution in [2.24, 2.45) is 5.84 Å². The van der Waals surface area contributed by atoms with Gasteiger partial charge in [0.05, 0.1) is 18.2 Å². The van der Waals surface area contributed by atoms with Gasteiger partial charge in [-0.25, -0.2) is 0 Å². The van der Waals surface area contributed by atoms with Crippen LogP contribution in [0.4, 0.5) is 5.69 Å². The van der Waals surface area contributed by atoms with Crippen LogP contribution in [0.3, 0.4) is 0 Å². The summed E-state index contributed by atoms with van der Waals surface area (Å²) in [6.07, 6.45) is 2.37. The number of anilines is 1. The van der Waals surface area contributed by atoms with Crippen molar-refractivity contribution in [3.8, 4) is 6.07 Å². The zero-order chi connectivity index (χ0) is 9.68. The summed E-state index contributed by atoms with van der Waals surface area (Å²) in [7, 11) is 0. The van der Waals surface area contributed by atoms with Gasteiger partial charge in [0.15, 0.2) is 0 Å². The van der Waals surface area contributed by atoms with Gasteiger partial charge in [0.2, 0.25) is 0 Å². The second-order valence-corrected chi connectivity index (χ2v) is 3.31. The first kappa shape index (κ1) is 9.90. The van der Waals surface area contributed by atoms with Crippen LogP contribution in [0.15, 0.2) is 23.1 Å². The SMILES string of the molecule is CSc1cccc(NN)c1CC#N. The van der Waals surface area contributed by atoms with Crippen LogP contribution in [0.1, 0.15) is 5.56 Å². The van der Waals surface area contributed by atoms with E-state index in [1.54, 1.807) is 11.8 Å². The minimum Gasteiger partial charge on any atom is -0.324 e. The Balaban J connectivity index is 3.14. The number of hydrogen-bond donors (Lipinski definition) is 2. The Bertz CT molecular complexity index is 308. The van der Waals surface area contributed by atoms with E-state index >= 15 is 0 Å². The third-order valence-corrected chi connectivity index (χ3v) is 2.59. The van der Waals surface area contributed by atoms with E-state index in [0.717, 1.165) is 16.1 Å². The maximum atomic E-state index is 8.63. The van der Waals surface area contributed by atoms with E-state index < -0.39 is 0 Å². The van der Waals surface area contributed by atoms with Gasteiger partial charge in [-0.15, -0.1) is 11.8 Å². The number of nitrogen functional groups attached to an aromatic ring is 1. The van der Waals surface area contributed by atoms with Crippen LogP contribution in [0.2, 0.25) is 0 Å². The van der Waals surface area contributed by atoms with Crippen molar-refractivity contribution in [2.45, 2.75) is 11.3 Å². The largest absolute Gasteiger partial charge is 0.324 e. The van der Waals surface area contributed by atoms with Crippen LogP contribution in [0.5, 0.6) is 0 Å². The van der Waals surface area contributed by atoms with Crippen molar-refractivity contribution in [2.75, 3.05) is 11.7 Å².